The van der Waals surface area contributed by atoms with E-state index in [0.29, 0.717) is 32.7 Å². The second-order valence-electron chi connectivity index (χ2n) is 3.51. The average molecular weight is 175 g/mol. The van der Waals surface area contributed by atoms with Gasteiger partial charge < -0.3 is 20.3 Å². The van der Waals surface area contributed by atoms with E-state index in [2.05, 4.69) is 5.32 Å². The van der Waals surface area contributed by atoms with Gasteiger partial charge in [-0.15, -0.1) is 0 Å². The van der Waals surface area contributed by atoms with Crippen LogP contribution < -0.4 is 5.32 Å². The molecule has 0 aliphatic carbocycles. The summed E-state index contributed by atoms with van der Waals surface area (Å²) in [5.41, 5.74) is -0.713. The molecule has 1 unspecified atom stereocenters. The number of aliphatic hydroxyl groups excluding tert-OH is 1. The van der Waals surface area contributed by atoms with E-state index >= 15 is 0 Å². The van der Waals surface area contributed by atoms with E-state index in [-0.39, 0.29) is 6.10 Å². The van der Waals surface area contributed by atoms with Crippen molar-refractivity contribution in [3.8, 4) is 0 Å². The van der Waals surface area contributed by atoms with Crippen LogP contribution in [-0.4, -0.2) is 48.2 Å². The van der Waals surface area contributed by atoms with Crippen LogP contribution in [0, 0.1) is 0 Å². The van der Waals surface area contributed by atoms with Crippen molar-refractivity contribution in [2.45, 2.75) is 25.0 Å². The van der Waals surface area contributed by atoms with E-state index in [9.17, 15) is 5.11 Å². The summed E-state index contributed by atoms with van der Waals surface area (Å²) >= 11 is 0. The lowest BCUT2D eigenvalue weighted by molar-refractivity contribution is 0.0249. The molecule has 0 amide bonds. The molecule has 0 aromatic carbocycles. The van der Waals surface area contributed by atoms with Gasteiger partial charge in [0.15, 0.2) is 0 Å². The van der Waals surface area contributed by atoms with Crippen LogP contribution in [0.5, 0.6) is 0 Å². The molecule has 1 heterocycles. The summed E-state index contributed by atoms with van der Waals surface area (Å²) < 4.78 is 5.07. The first-order valence-corrected chi connectivity index (χ1v) is 4.31. The lowest BCUT2D eigenvalue weighted by Crippen LogP contribution is -2.42. The number of hydrogen-bond donors (Lipinski definition) is 3. The van der Waals surface area contributed by atoms with Gasteiger partial charge in [-0.1, -0.05) is 0 Å². The monoisotopic (exact) mass is 175 g/mol. The van der Waals surface area contributed by atoms with E-state index in [4.69, 9.17) is 9.84 Å². The molecule has 0 bridgehead atoms. The maximum Gasteiger partial charge on any atom is 0.102 e. The summed E-state index contributed by atoms with van der Waals surface area (Å²) in [4.78, 5) is 0. The molecule has 1 rings (SSSR count). The Kier molecular flexibility index (Phi) is 3.46. The molecule has 3 N–H and O–H groups in total. The zero-order valence-corrected chi connectivity index (χ0v) is 7.42. The highest BCUT2D eigenvalue weighted by molar-refractivity contribution is 4.84. The predicted octanol–water partition coefficient (Wildman–Crippen LogP) is -0.892. The lowest BCUT2D eigenvalue weighted by atomic mass is 10.0. The van der Waals surface area contributed by atoms with Gasteiger partial charge in [-0.25, -0.2) is 0 Å². The summed E-state index contributed by atoms with van der Waals surface area (Å²) in [6.07, 6.45) is 0.315. The van der Waals surface area contributed by atoms with Crippen LogP contribution in [0.25, 0.3) is 0 Å². The Bertz CT molecular complexity index is 132. The van der Waals surface area contributed by atoms with Crippen LogP contribution in [0.1, 0.15) is 13.3 Å². The van der Waals surface area contributed by atoms with Gasteiger partial charge in [-0.05, 0) is 6.92 Å². The molecule has 0 aromatic rings. The van der Waals surface area contributed by atoms with Crippen molar-refractivity contribution < 1.29 is 14.9 Å². The number of hydrogen-bond acceptors (Lipinski definition) is 4. The Morgan fingerprint density at radius 3 is 2.92 bits per heavy atom. The molecular formula is C8H17NO3. The minimum Gasteiger partial charge on any atom is -0.392 e. The standard InChI is InChI=1S/C8H17NO3/c1-7(10)4-9-5-8(11)2-3-12-6-8/h7,9-11H,2-6H2,1H3/t7-,8?/m1/s1. The molecular weight excluding hydrogens is 158 g/mol. The molecule has 2 atom stereocenters. The molecule has 0 saturated carbocycles. The Morgan fingerprint density at radius 2 is 2.42 bits per heavy atom. The maximum absolute atomic E-state index is 9.74. The minimum absolute atomic E-state index is 0.365. The Labute approximate surface area is 72.5 Å². The van der Waals surface area contributed by atoms with Gasteiger partial charge in [0.05, 0.1) is 12.7 Å². The van der Waals surface area contributed by atoms with Crippen molar-refractivity contribution in [2.75, 3.05) is 26.3 Å². The lowest BCUT2D eigenvalue weighted by Gasteiger charge is -2.21. The van der Waals surface area contributed by atoms with E-state index < -0.39 is 5.60 Å². The SMILES string of the molecule is C[C@@H](O)CNCC1(O)CCOC1. The molecule has 1 aliphatic heterocycles. The number of rotatable bonds is 4. The highest BCUT2D eigenvalue weighted by Crippen LogP contribution is 2.16. The maximum atomic E-state index is 9.74. The molecule has 0 spiro atoms. The van der Waals surface area contributed by atoms with Crippen molar-refractivity contribution in [1.29, 1.82) is 0 Å². The van der Waals surface area contributed by atoms with Gasteiger partial charge in [0.1, 0.15) is 5.60 Å². The molecule has 4 nitrogen and oxygen atoms in total. The van der Waals surface area contributed by atoms with Crippen LogP contribution >= 0.6 is 0 Å². The Hall–Kier alpha value is -0.160. The quantitative estimate of drug-likeness (QED) is 0.518. The summed E-state index contributed by atoms with van der Waals surface area (Å²) in [6, 6.07) is 0. The van der Waals surface area contributed by atoms with Crippen molar-refractivity contribution in [2.24, 2.45) is 0 Å². The van der Waals surface area contributed by atoms with E-state index in [0.717, 1.165) is 0 Å². The van der Waals surface area contributed by atoms with Crippen LogP contribution in [0.15, 0.2) is 0 Å². The largest absolute Gasteiger partial charge is 0.392 e. The highest BCUT2D eigenvalue weighted by Gasteiger charge is 2.31. The van der Waals surface area contributed by atoms with Gasteiger partial charge in [0, 0.05) is 26.1 Å². The van der Waals surface area contributed by atoms with Gasteiger partial charge >= 0.3 is 0 Å². The third kappa shape index (κ3) is 3.06. The van der Waals surface area contributed by atoms with Gasteiger partial charge in [0.2, 0.25) is 0 Å². The average Bonchev–Trinajstić information content (AvgIpc) is 2.35. The third-order valence-corrected chi connectivity index (χ3v) is 1.98. The minimum atomic E-state index is -0.713. The van der Waals surface area contributed by atoms with Gasteiger partial charge in [0.25, 0.3) is 0 Å². The fourth-order valence-corrected chi connectivity index (χ4v) is 1.25. The zero-order valence-electron chi connectivity index (χ0n) is 7.42. The van der Waals surface area contributed by atoms with Gasteiger partial charge in [-0.3, -0.25) is 0 Å². The summed E-state index contributed by atoms with van der Waals surface area (Å²) in [6.45, 7) is 3.76. The van der Waals surface area contributed by atoms with Crippen molar-refractivity contribution in [3.05, 3.63) is 0 Å². The first-order valence-electron chi connectivity index (χ1n) is 4.31. The molecule has 0 aromatic heterocycles. The second kappa shape index (κ2) is 4.18. The topological polar surface area (TPSA) is 61.7 Å². The van der Waals surface area contributed by atoms with Crippen LogP contribution in [0.2, 0.25) is 0 Å². The van der Waals surface area contributed by atoms with Crippen LogP contribution in [0.3, 0.4) is 0 Å². The third-order valence-electron chi connectivity index (χ3n) is 1.98. The molecule has 1 aliphatic rings. The number of aliphatic hydroxyl groups is 2. The first-order chi connectivity index (χ1) is 5.62. The van der Waals surface area contributed by atoms with E-state index in [1.54, 1.807) is 6.92 Å². The van der Waals surface area contributed by atoms with E-state index in [1.165, 1.54) is 0 Å². The Morgan fingerprint density at radius 1 is 1.67 bits per heavy atom. The molecule has 1 fully saturated rings. The summed E-state index contributed by atoms with van der Waals surface area (Å²) in [7, 11) is 0. The normalized spacial score (nSPS) is 32.2. The zero-order chi connectivity index (χ0) is 9.03. The van der Waals surface area contributed by atoms with Gasteiger partial charge in [-0.2, -0.15) is 0 Å². The van der Waals surface area contributed by atoms with Crippen LogP contribution in [-0.2, 0) is 4.74 Å². The summed E-state index contributed by atoms with van der Waals surface area (Å²) in [5.74, 6) is 0. The number of ether oxygens (including phenoxy) is 1. The fourth-order valence-electron chi connectivity index (χ4n) is 1.25. The van der Waals surface area contributed by atoms with Crippen molar-refractivity contribution in [3.63, 3.8) is 0 Å². The van der Waals surface area contributed by atoms with Crippen molar-refractivity contribution >= 4 is 0 Å². The Balaban J connectivity index is 2.13. The van der Waals surface area contributed by atoms with Crippen molar-refractivity contribution in [1.82, 2.24) is 5.32 Å². The second-order valence-corrected chi connectivity index (χ2v) is 3.51. The molecule has 12 heavy (non-hydrogen) atoms. The van der Waals surface area contributed by atoms with Crippen LogP contribution in [0.4, 0.5) is 0 Å². The predicted molar refractivity (Wildman–Crippen MR) is 44.9 cm³/mol. The molecule has 0 radical (unpaired) electrons. The fraction of sp³-hybridized carbons (Fsp3) is 1.00. The summed E-state index contributed by atoms with van der Waals surface area (Å²) in [5, 5.41) is 21.7. The molecule has 4 heteroatoms. The molecule has 1 saturated heterocycles. The molecule has 72 valence electrons. The smallest absolute Gasteiger partial charge is 0.102 e. The van der Waals surface area contributed by atoms with E-state index in [1.807, 2.05) is 0 Å². The number of nitrogens with one attached hydrogen (secondary N) is 1. The first kappa shape index (κ1) is 9.92. The highest BCUT2D eigenvalue weighted by atomic mass is 16.5.